The molecule has 25 heavy (non-hydrogen) atoms. The molecule has 0 saturated carbocycles. The van der Waals surface area contributed by atoms with Gasteiger partial charge in [0.25, 0.3) is 0 Å². The number of nitrogens with one attached hydrogen (secondary N) is 1. The maximum atomic E-state index is 13.3. The molecule has 0 bridgehead atoms. The molecule has 2 heterocycles. The lowest BCUT2D eigenvalue weighted by molar-refractivity contribution is 0.247. The highest BCUT2D eigenvalue weighted by Gasteiger charge is 2.26. The topological polar surface area (TPSA) is 47.0 Å². The summed E-state index contributed by atoms with van der Waals surface area (Å²) in [6.45, 7) is 0.658. The normalized spacial score (nSPS) is 17.4. The van der Waals surface area contributed by atoms with Gasteiger partial charge in [0, 0.05) is 30.4 Å². The van der Waals surface area contributed by atoms with Crippen molar-refractivity contribution in [1.82, 2.24) is 15.3 Å². The fourth-order valence-electron chi connectivity index (χ4n) is 3.18. The summed E-state index contributed by atoms with van der Waals surface area (Å²) in [6.07, 6.45) is 5.92. The van der Waals surface area contributed by atoms with Gasteiger partial charge in [-0.05, 0) is 23.8 Å². The Morgan fingerprint density at radius 1 is 1.08 bits per heavy atom. The lowest BCUT2D eigenvalue weighted by Crippen LogP contribution is -2.31. The van der Waals surface area contributed by atoms with Crippen molar-refractivity contribution in [3.05, 3.63) is 89.8 Å². The van der Waals surface area contributed by atoms with Gasteiger partial charge in [-0.25, -0.2) is 4.39 Å². The number of benzene rings is 2. The van der Waals surface area contributed by atoms with Gasteiger partial charge in [-0.1, -0.05) is 30.3 Å². The summed E-state index contributed by atoms with van der Waals surface area (Å²) in [4.78, 5) is 8.63. The molecule has 0 unspecified atom stereocenters. The summed E-state index contributed by atoms with van der Waals surface area (Å²) in [7, 11) is 0. The highest BCUT2D eigenvalue weighted by Crippen LogP contribution is 2.34. The molecule has 3 aromatic rings. The van der Waals surface area contributed by atoms with E-state index >= 15 is 0 Å². The summed E-state index contributed by atoms with van der Waals surface area (Å²) in [5, 5.41) is 3.66. The van der Waals surface area contributed by atoms with Gasteiger partial charge in [-0.3, -0.25) is 15.3 Å². The van der Waals surface area contributed by atoms with Crippen LogP contribution in [0.5, 0.6) is 5.75 Å². The summed E-state index contributed by atoms with van der Waals surface area (Å²) in [5.41, 5.74) is 2.88. The molecule has 0 fully saturated rings. The first-order valence-electron chi connectivity index (χ1n) is 8.30. The fraction of sp³-hybridized carbons (Fsp3) is 0.200. The zero-order chi connectivity index (χ0) is 17.1. The van der Waals surface area contributed by atoms with Crippen LogP contribution in [0.2, 0.25) is 0 Å². The van der Waals surface area contributed by atoms with Crippen molar-refractivity contribution in [2.75, 3.05) is 6.61 Å². The molecule has 4 nitrogen and oxygen atoms in total. The first-order chi connectivity index (χ1) is 12.3. The van der Waals surface area contributed by atoms with E-state index in [9.17, 15) is 4.39 Å². The quantitative estimate of drug-likeness (QED) is 0.787. The first kappa shape index (κ1) is 15.7. The lowest BCUT2D eigenvalue weighted by atomic mass is 9.96. The van der Waals surface area contributed by atoms with Crippen LogP contribution < -0.4 is 10.1 Å². The van der Waals surface area contributed by atoms with E-state index in [1.807, 2.05) is 18.2 Å². The number of rotatable bonds is 4. The molecular formula is C20H18FN3O. The van der Waals surface area contributed by atoms with Crippen LogP contribution in [0.4, 0.5) is 4.39 Å². The van der Waals surface area contributed by atoms with Crippen molar-refractivity contribution < 1.29 is 9.13 Å². The molecule has 5 heteroatoms. The third-order valence-corrected chi connectivity index (χ3v) is 4.41. The second kappa shape index (κ2) is 6.99. The fourth-order valence-corrected chi connectivity index (χ4v) is 3.18. The molecule has 0 saturated heterocycles. The van der Waals surface area contributed by atoms with E-state index in [4.69, 9.17) is 4.74 Å². The van der Waals surface area contributed by atoms with Gasteiger partial charge in [-0.2, -0.15) is 0 Å². The third-order valence-electron chi connectivity index (χ3n) is 4.41. The third kappa shape index (κ3) is 3.37. The molecule has 4 rings (SSSR count). The Balaban J connectivity index is 1.69. The van der Waals surface area contributed by atoms with E-state index in [1.165, 1.54) is 12.1 Å². The Hall–Kier alpha value is -2.79. The van der Waals surface area contributed by atoms with Gasteiger partial charge in [-0.15, -0.1) is 0 Å². The second-order valence-electron chi connectivity index (χ2n) is 6.01. The van der Waals surface area contributed by atoms with E-state index < -0.39 is 0 Å². The van der Waals surface area contributed by atoms with Crippen LogP contribution >= 0.6 is 0 Å². The second-order valence-corrected chi connectivity index (χ2v) is 6.01. The minimum absolute atomic E-state index is 0.127. The summed E-state index contributed by atoms with van der Waals surface area (Å²) < 4.78 is 19.1. The monoisotopic (exact) mass is 335 g/mol. The van der Waals surface area contributed by atoms with Crippen LogP contribution in [0.3, 0.4) is 0 Å². The molecule has 1 N–H and O–H groups in total. The predicted octanol–water partition coefficient (Wildman–Crippen LogP) is 3.82. The Labute approximate surface area is 145 Å². The van der Waals surface area contributed by atoms with Gasteiger partial charge in [0.05, 0.1) is 24.5 Å². The highest BCUT2D eigenvalue weighted by atomic mass is 19.1. The van der Waals surface area contributed by atoms with Crippen LogP contribution in [0.15, 0.2) is 67.1 Å². The minimum Gasteiger partial charge on any atom is -0.493 e. The molecule has 0 spiro atoms. The molecule has 126 valence electrons. The van der Waals surface area contributed by atoms with Gasteiger partial charge >= 0.3 is 0 Å². The SMILES string of the molecule is Fc1ccc([C@@H](N[C@@H]2CCOc3ccccc32)c2cnccn2)cc1. The largest absolute Gasteiger partial charge is 0.493 e. The van der Waals surface area contributed by atoms with E-state index in [0.29, 0.717) is 6.61 Å². The molecule has 2 atom stereocenters. The molecule has 0 amide bonds. The molecule has 0 radical (unpaired) electrons. The van der Waals surface area contributed by atoms with Crippen molar-refractivity contribution in [3.8, 4) is 5.75 Å². The van der Waals surface area contributed by atoms with Crippen LogP contribution in [0, 0.1) is 5.82 Å². The standard InChI is InChI=1S/C20H18FN3O/c21-15-7-5-14(6-8-15)20(18-13-22-10-11-23-18)24-17-9-12-25-19-4-2-1-3-16(17)19/h1-8,10-11,13,17,20,24H,9,12H2/t17-,20-/m1/s1. The lowest BCUT2D eigenvalue weighted by Gasteiger charge is -2.30. The maximum absolute atomic E-state index is 13.3. The Morgan fingerprint density at radius 3 is 2.72 bits per heavy atom. The van der Waals surface area contributed by atoms with Gasteiger partial charge < -0.3 is 4.74 Å². The van der Waals surface area contributed by atoms with Crippen LogP contribution in [-0.2, 0) is 0 Å². The van der Waals surface area contributed by atoms with Crippen LogP contribution in [-0.4, -0.2) is 16.6 Å². The summed E-state index contributed by atoms with van der Waals surface area (Å²) in [5.74, 6) is 0.654. The molecule has 1 aromatic heterocycles. The van der Waals surface area contributed by atoms with Crippen molar-refractivity contribution in [3.63, 3.8) is 0 Å². The number of nitrogens with zero attached hydrogens (tertiary/aromatic N) is 2. The molecular weight excluding hydrogens is 317 g/mol. The number of hydrogen-bond acceptors (Lipinski definition) is 4. The summed E-state index contributed by atoms with van der Waals surface area (Å²) >= 11 is 0. The Kier molecular flexibility index (Phi) is 4.39. The zero-order valence-electron chi connectivity index (χ0n) is 13.6. The smallest absolute Gasteiger partial charge is 0.124 e. The van der Waals surface area contributed by atoms with Crippen molar-refractivity contribution in [2.24, 2.45) is 0 Å². The van der Waals surface area contributed by atoms with Crippen LogP contribution in [0.1, 0.15) is 35.3 Å². The van der Waals surface area contributed by atoms with Gasteiger partial charge in [0.15, 0.2) is 0 Å². The van der Waals surface area contributed by atoms with E-state index in [-0.39, 0.29) is 17.9 Å². The van der Waals surface area contributed by atoms with Crippen molar-refractivity contribution >= 4 is 0 Å². The number of halogens is 1. The van der Waals surface area contributed by atoms with Gasteiger partial charge in [0.1, 0.15) is 11.6 Å². The van der Waals surface area contributed by atoms with E-state index in [1.54, 1.807) is 30.7 Å². The number of para-hydroxylation sites is 1. The van der Waals surface area contributed by atoms with Crippen LogP contribution in [0.25, 0.3) is 0 Å². The van der Waals surface area contributed by atoms with Gasteiger partial charge in [0.2, 0.25) is 0 Å². The minimum atomic E-state index is -0.252. The van der Waals surface area contributed by atoms with Crippen molar-refractivity contribution in [1.29, 1.82) is 0 Å². The molecule has 1 aliphatic rings. The number of ether oxygens (including phenoxy) is 1. The number of fused-ring (bicyclic) bond motifs is 1. The molecule has 2 aromatic carbocycles. The van der Waals surface area contributed by atoms with Crippen molar-refractivity contribution in [2.45, 2.75) is 18.5 Å². The number of aromatic nitrogens is 2. The van der Waals surface area contributed by atoms with E-state index in [2.05, 4.69) is 21.4 Å². The first-order valence-corrected chi connectivity index (χ1v) is 8.30. The zero-order valence-corrected chi connectivity index (χ0v) is 13.6. The highest BCUT2D eigenvalue weighted by molar-refractivity contribution is 5.38. The van der Waals surface area contributed by atoms with E-state index in [0.717, 1.165) is 29.0 Å². The number of hydrogen-bond donors (Lipinski definition) is 1. The molecule has 0 aliphatic carbocycles. The average Bonchev–Trinajstić information content (AvgIpc) is 2.68. The summed E-state index contributed by atoms with van der Waals surface area (Å²) in [6, 6.07) is 14.5. The predicted molar refractivity (Wildman–Crippen MR) is 92.7 cm³/mol. The molecule has 1 aliphatic heterocycles. The maximum Gasteiger partial charge on any atom is 0.124 e. The average molecular weight is 335 g/mol. The Morgan fingerprint density at radius 2 is 1.92 bits per heavy atom. The Bertz CT molecular complexity index is 839.